The minimum absolute atomic E-state index is 0.327. The van der Waals surface area contributed by atoms with Crippen LogP contribution in [0.1, 0.15) is 12.8 Å². The summed E-state index contributed by atoms with van der Waals surface area (Å²) >= 11 is 17.8. The van der Waals surface area contributed by atoms with Crippen LogP contribution in [0.4, 0.5) is 5.69 Å². The SMILES string of the molecule is NC(=NC1CC1)Nc1c(Cl)cc(Cl)cc1Cl. The largest absolute Gasteiger partial charge is 0.370 e. The highest BCUT2D eigenvalue weighted by Gasteiger charge is 2.20. The molecule has 0 heterocycles. The van der Waals surface area contributed by atoms with Gasteiger partial charge in [-0.2, -0.15) is 0 Å². The molecule has 1 fully saturated rings. The lowest BCUT2D eigenvalue weighted by Gasteiger charge is -2.10. The number of nitrogens with one attached hydrogen (secondary N) is 1. The zero-order chi connectivity index (χ0) is 11.7. The fourth-order valence-electron chi connectivity index (χ4n) is 1.22. The Balaban J connectivity index is 2.20. The van der Waals surface area contributed by atoms with Crippen molar-refractivity contribution in [3.8, 4) is 0 Å². The van der Waals surface area contributed by atoms with Gasteiger partial charge in [0, 0.05) is 5.02 Å². The molecule has 0 unspecified atom stereocenters. The van der Waals surface area contributed by atoms with E-state index in [0.717, 1.165) is 12.8 Å². The van der Waals surface area contributed by atoms with E-state index in [4.69, 9.17) is 40.5 Å². The molecule has 3 N–H and O–H groups in total. The first-order valence-electron chi connectivity index (χ1n) is 4.81. The lowest BCUT2D eigenvalue weighted by Crippen LogP contribution is -2.23. The van der Waals surface area contributed by atoms with Crippen LogP contribution in [0.15, 0.2) is 17.1 Å². The van der Waals surface area contributed by atoms with Gasteiger partial charge in [-0.15, -0.1) is 0 Å². The maximum atomic E-state index is 5.99. The molecule has 0 radical (unpaired) electrons. The molecule has 0 atom stereocenters. The highest BCUT2D eigenvalue weighted by atomic mass is 35.5. The number of halogens is 3. The van der Waals surface area contributed by atoms with Crippen LogP contribution in [0.5, 0.6) is 0 Å². The van der Waals surface area contributed by atoms with E-state index in [1.54, 1.807) is 12.1 Å². The molecular formula is C10H10Cl3N3. The molecule has 3 nitrogen and oxygen atoms in total. The van der Waals surface area contributed by atoms with E-state index < -0.39 is 0 Å². The zero-order valence-corrected chi connectivity index (χ0v) is 10.6. The van der Waals surface area contributed by atoms with Crippen molar-refractivity contribution < 1.29 is 0 Å². The molecule has 1 saturated carbocycles. The molecule has 2 rings (SSSR count). The Hall–Kier alpha value is -0.640. The monoisotopic (exact) mass is 277 g/mol. The third-order valence-electron chi connectivity index (χ3n) is 2.13. The van der Waals surface area contributed by atoms with Gasteiger partial charge in [-0.1, -0.05) is 34.8 Å². The normalized spacial score (nSPS) is 16.3. The Morgan fingerprint density at radius 3 is 2.31 bits per heavy atom. The van der Waals surface area contributed by atoms with Crippen molar-refractivity contribution in [3.05, 3.63) is 27.2 Å². The molecule has 1 aliphatic rings. The van der Waals surface area contributed by atoms with Gasteiger partial charge in [0.1, 0.15) is 0 Å². The highest BCUT2D eigenvalue weighted by molar-refractivity contribution is 6.42. The lowest BCUT2D eigenvalue weighted by molar-refractivity contribution is 1.06. The van der Waals surface area contributed by atoms with Crippen molar-refractivity contribution in [2.24, 2.45) is 10.7 Å². The van der Waals surface area contributed by atoms with E-state index >= 15 is 0 Å². The van der Waals surface area contributed by atoms with Gasteiger partial charge in [0.15, 0.2) is 5.96 Å². The summed E-state index contributed by atoms with van der Waals surface area (Å²) in [5.41, 5.74) is 6.25. The molecule has 0 bridgehead atoms. The Kier molecular flexibility index (Phi) is 3.47. The third-order valence-corrected chi connectivity index (χ3v) is 2.94. The van der Waals surface area contributed by atoms with Gasteiger partial charge in [0.25, 0.3) is 0 Å². The van der Waals surface area contributed by atoms with Crippen LogP contribution < -0.4 is 11.1 Å². The van der Waals surface area contributed by atoms with Crippen LogP contribution >= 0.6 is 34.8 Å². The van der Waals surface area contributed by atoms with E-state index in [-0.39, 0.29) is 0 Å². The van der Waals surface area contributed by atoms with Gasteiger partial charge in [-0.3, -0.25) is 0 Å². The van der Waals surface area contributed by atoms with Gasteiger partial charge < -0.3 is 11.1 Å². The van der Waals surface area contributed by atoms with E-state index in [1.165, 1.54) is 0 Å². The van der Waals surface area contributed by atoms with Crippen molar-refractivity contribution in [2.75, 3.05) is 5.32 Å². The average molecular weight is 279 g/mol. The summed E-state index contributed by atoms with van der Waals surface area (Å²) in [5.74, 6) is 0.327. The number of benzene rings is 1. The fourth-order valence-corrected chi connectivity index (χ4v) is 2.13. The quantitative estimate of drug-likeness (QED) is 0.642. The lowest BCUT2D eigenvalue weighted by atomic mass is 10.3. The summed E-state index contributed by atoms with van der Waals surface area (Å²) < 4.78 is 0. The van der Waals surface area contributed by atoms with E-state index in [0.29, 0.717) is 32.8 Å². The zero-order valence-electron chi connectivity index (χ0n) is 8.30. The number of aliphatic imine (C=N–C) groups is 1. The van der Waals surface area contributed by atoms with Gasteiger partial charge >= 0.3 is 0 Å². The predicted octanol–water partition coefficient (Wildman–Crippen LogP) is 3.54. The Morgan fingerprint density at radius 1 is 1.25 bits per heavy atom. The molecular weight excluding hydrogens is 268 g/mol. The number of nitrogens with zero attached hydrogens (tertiary/aromatic N) is 1. The maximum Gasteiger partial charge on any atom is 0.193 e. The third kappa shape index (κ3) is 2.94. The van der Waals surface area contributed by atoms with Crippen molar-refractivity contribution in [1.82, 2.24) is 0 Å². The standard InChI is InChI=1S/C10H10Cl3N3/c11-5-3-7(12)9(8(13)4-5)16-10(14)15-6-1-2-6/h3-4,6H,1-2H2,(H3,14,15,16). The molecule has 0 aliphatic heterocycles. The number of rotatable bonds is 2. The number of anilines is 1. The smallest absolute Gasteiger partial charge is 0.193 e. The summed E-state index contributed by atoms with van der Waals surface area (Å²) in [6.45, 7) is 0. The van der Waals surface area contributed by atoms with Crippen LogP contribution in [0.2, 0.25) is 15.1 Å². The predicted molar refractivity (Wildman–Crippen MR) is 69.7 cm³/mol. The van der Waals surface area contributed by atoms with Crippen LogP contribution in [0, 0.1) is 0 Å². The van der Waals surface area contributed by atoms with E-state index in [9.17, 15) is 0 Å². The minimum Gasteiger partial charge on any atom is -0.370 e. The fraction of sp³-hybridized carbons (Fsp3) is 0.300. The van der Waals surface area contributed by atoms with Crippen molar-refractivity contribution >= 4 is 46.4 Å². The number of hydrogen-bond donors (Lipinski definition) is 2. The number of guanidine groups is 1. The Morgan fingerprint density at radius 2 is 1.81 bits per heavy atom. The van der Waals surface area contributed by atoms with Gasteiger partial charge in [-0.25, -0.2) is 4.99 Å². The summed E-state index contributed by atoms with van der Waals surface area (Å²) in [4.78, 5) is 4.22. The van der Waals surface area contributed by atoms with Crippen LogP contribution in [-0.2, 0) is 0 Å². The molecule has 1 aromatic carbocycles. The van der Waals surface area contributed by atoms with Crippen molar-refractivity contribution in [2.45, 2.75) is 18.9 Å². The second-order valence-corrected chi connectivity index (χ2v) is 4.87. The Bertz CT molecular complexity index is 418. The summed E-state index contributed by atoms with van der Waals surface area (Å²) in [6, 6.07) is 3.54. The minimum atomic E-state index is 0.327. The van der Waals surface area contributed by atoms with E-state index in [1.807, 2.05) is 0 Å². The average Bonchev–Trinajstić information content (AvgIpc) is 2.95. The molecule has 6 heteroatoms. The topological polar surface area (TPSA) is 50.4 Å². The first-order chi connectivity index (χ1) is 7.56. The van der Waals surface area contributed by atoms with Crippen molar-refractivity contribution in [1.29, 1.82) is 0 Å². The Labute approximate surface area is 109 Å². The molecule has 0 spiro atoms. The number of hydrogen-bond acceptors (Lipinski definition) is 1. The highest BCUT2D eigenvalue weighted by Crippen LogP contribution is 2.33. The van der Waals surface area contributed by atoms with Gasteiger partial charge in [0.05, 0.1) is 21.8 Å². The summed E-state index contributed by atoms with van der Waals surface area (Å²) in [5, 5.41) is 4.21. The molecule has 16 heavy (non-hydrogen) atoms. The van der Waals surface area contributed by atoms with Crippen LogP contribution in [0.25, 0.3) is 0 Å². The maximum absolute atomic E-state index is 5.99. The van der Waals surface area contributed by atoms with Gasteiger partial charge in [-0.05, 0) is 25.0 Å². The summed E-state index contributed by atoms with van der Waals surface area (Å²) in [7, 11) is 0. The second kappa shape index (κ2) is 4.70. The van der Waals surface area contributed by atoms with Crippen LogP contribution in [-0.4, -0.2) is 12.0 Å². The van der Waals surface area contributed by atoms with E-state index in [2.05, 4.69) is 10.3 Å². The molecule has 0 aromatic heterocycles. The van der Waals surface area contributed by atoms with Crippen molar-refractivity contribution in [3.63, 3.8) is 0 Å². The number of nitrogens with two attached hydrogens (primary N) is 1. The second-order valence-electron chi connectivity index (χ2n) is 3.61. The molecule has 0 amide bonds. The van der Waals surface area contributed by atoms with Crippen LogP contribution in [0.3, 0.4) is 0 Å². The molecule has 86 valence electrons. The van der Waals surface area contributed by atoms with Gasteiger partial charge in [0.2, 0.25) is 0 Å². The first-order valence-corrected chi connectivity index (χ1v) is 5.94. The first kappa shape index (κ1) is 11.8. The molecule has 0 saturated heterocycles. The molecule has 1 aliphatic carbocycles. The molecule has 1 aromatic rings. The summed E-state index contributed by atoms with van der Waals surface area (Å²) in [6.07, 6.45) is 2.18.